The summed E-state index contributed by atoms with van der Waals surface area (Å²) in [5.41, 5.74) is 3.27. The van der Waals surface area contributed by atoms with E-state index < -0.39 is 0 Å². The van der Waals surface area contributed by atoms with Crippen molar-refractivity contribution in [2.24, 2.45) is 10.9 Å². The molecule has 170 valence electrons. The Hall–Kier alpha value is -1.71. The van der Waals surface area contributed by atoms with Gasteiger partial charge in [0.05, 0.1) is 20.3 Å². The van der Waals surface area contributed by atoms with Gasteiger partial charge in [0.2, 0.25) is 0 Å². The van der Waals surface area contributed by atoms with Gasteiger partial charge in [-0.1, -0.05) is 29.8 Å². The van der Waals surface area contributed by atoms with Crippen LogP contribution in [0.4, 0.5) is 0 Å². The highest BCUT2D eigenvalue weighted by Crippen LogP contribution is 2.24. The predicted molar refractivity (Wildman–Crippen MR) is 136 cm³/mol. The van der Waals surface area contributed by atoms with E-state index in [-0.39, 0.29) is 24.0 Å². The summed E-state index contributed by atoms with van der Waals surface area (Å²) in [5, 5.41) is 7.32. The van der Waals surface area contributed by atoms with Gasteiger partial charge in [-0.15, -0.1) is 24.0 Å². The van der Waals surface area contributed by atoms with Gasteiger partial charge >= 0.3 is 0 Å². The summed E-state index contributed by atoms with van der Waals surface area (Å²) in [6.07, 6.45) is 1.06. The van der Waals surface area contributed by atoms with Crippen LogP contribution < -0.4 is 20.1 Å². The Bertz CT molecular complexity index is 873. The molecule has 1 aliphatic rings. The minimum Gasteiger partial charge on any atom is -0.496 e. The van der Waals surface area contributed by atoms with Gasteiger partial charge in [0.1, 0.15) is 11.5 Å². The van der Waals surface area contributed by atoms with Gasteiger partial charge in [-0.3, -0.25) is 4.99 Å². The van der Waals surface area contributed by atoms with Gasteiger partial charge in [0.25, 0.3) is 0 Å². The fourth-order valence-corrected chi connectivity index (χ4v) is 3.47. The van der Waals surface area contributed by atoms with Crippen LogP contribution in [0.25, 0.3) is 0 Å². The van der Waals surface area contributed by atoms with Crippen LogP contribution in [-0.4, -0.2) is 39.9 Å². The maximum absolute atomic E-state index is 6.13. The highest BCUT2D eigenvalue weighted by atomic mass is 127. The number of nitrogens with one attached hydrogen (secondary N) is 2. The van der Waals surface area contributed by atoms with E-state index in [1.807, 2.05) is 12.1 Å². The van der Waals surface area contributed by atoms with Crippen molar-refractivity contribution in [2.45, 2.75) is 26.4 Å². The number of aryl methyl sites for hydroxylation is 1. The third-order valence-electron chi connectivity index (χ3n) is 5.09. The Morgan fingerprint density at radius 3 is 2.48 bits per heavy atom. The van der Waals surface area contributed by atoms with E-state index in [1.165, 1.54) is 5.56 Å². The average molecular weight is 560 g/mol. The lowest BCUT2D eigenvalue weighted by Gasteiger charge is -2.17. The molecular formula is C23H31ClIN3O3. The second kappa shape index (κ2) is 13.0. The van der Waals surface area contributed by atoms with Gasteiger partial charge in [-0.05, 0) is 37.1 Å². The van der Waals surface area contributed by atoms with Crippen molar-refractivity contribution in [3.8, 4) is 11.5 Å². The normalized spacial score (nSPS) is 15.9. The molecule has 3 rings (SSSR count). The standard InChI is InChI=1S/C23H30ClN3O3.HI/c1-16-4-5-19(22(10-16)30-15-17-8-9-29-14-17)13-27-23(25-2)26-12-18-6-7-20(24)11-21(18)28-3;/h4-7,10-11,17H,8-9,12-15H2,1-3H3,(H2,25,26,27);1H. The molecule has 1 unspecified atom stereocenters. The smallest absolute Gasteiger partial charge is 0.191 e. The number of guanidine groups is 1. The monoisotopic (exact) mass is 559 g/mol. The van der Waals surface area contributed by atoms with E-state index in [4.69, 9.17) is 25.8 Å². The van der Waals surface area contributed by atoms with Crippen LogP contribution in [0.3, 0.4) is 0 Å². The second-order valence-electron chi connectivity index (χ2n) is 7.39. The third kappa shape index (κ3) is 7.73. The topological polar surface area (TPSA) is 64.1 Å². The second-order valence-corrected chi connectivity index (χ2v) is 7.82. The minimum absolute atomic E-state index is 0. The number of aliphatic imine (C=N–C) groups is 1. The molecule has 1 atom stereocenters. The Balaban J connectivity index is 0.00000341. The SMILES string of the molecule is CN=C(NCc1ccc(Cl)cc1OC)NCc1ccc(C)cc1OCC1CCOC1.I. The molecule has 1 aliphatic heterocycles. The van der Waals surface area contributed by atoms with Crippen LogP contribution in [0.1, 0.15) is 23.1 Å². The summed E-state index contributed by atoms with van der Waals surface area (Å²) in [7, 11) is 3.39. The minimum atomic E-state index is 0. The first-order chi connectivity index (χ1) is 14.6. The van der Waals surface area contributed by atoms with E-state index in [0.717, 1.165) is 42.3 Å². The van der Waals surface area contributed by atoms with E-state index in [9.17, 15) is 0 Å². The first-order valence-corrected chi connectivity index (χ1v) is 10.5. The maximum Gasteiger partial charge on any atom is 0.191 e. The molecule has 1 heterocycles. The van der Waals surface area contributed by atoms with Crippen LogP contribution in [0, 0.1) is 12.8 Å². The molecule has 0 bridgehead atoms. The number of hydrogen-bond donors (Lipinski definition) is 2. The molecule has 2 N–H and O–H groups in total. The van der Waals surface area contributed by atoms with Gasteiger partial charge in [0, 0.05) is 48.8 Å². The largest absolute Gasteiger partial charge is 0.496 e. The van der Waals surface area contributed by atoms with Crippen molar-refractivity contribution in [1.82, 2.24) is 10.6 Å². The number of hydrogen-bond acceptors (Lipinski definition) is 4. The number of methoxy groups -OCH3 is 1. The zero-order valence-electron chi connectivity index (χ0n) is 18.2. The zero-order valence-corrected chi connectivity index (χ0v) is 21.3. The molecule has 0 spiro atoms. The quantitative estimate of drug-likeness (QED) is 0.282. The van der Waals surface area contributed by atoms with E-state index >= 15 is 0 Å². The van der Waals surface area contributed by atoms with Crippen molar-refractivity contribution in [3.63, 3.8) is 0 Å². The lowest BCUT2D eigenvalue weighted by Crippen LogP contribution is -2.36. The molecule has 6 nitrogen and oxygen atoms in total. The molecule has 0 aromatic heterocycles. The van der Waals surface area contributed by atoms with E-state index in [0.29, 0.717) is 36.6 Å². The Labute approximate surface area is 206 Å². The maximum atomic E-state index is 6.13. The van der Waals surface area contributed by atoms with Gasteiger partial charge in [-0.25, -0.2) is 0 Å². The summed E-state index contributed by atoms with van der Waals surface area (Å²) in [4.78, 5) is 4.32. The number of halogens is 2. The van der Waals surface area contributed by atoms with Gasteiger partial charge in [-0.2, -0.15) is 0 Å². The molecule has 2 aromatic rings. The molecule has 0 aliphatic carbocycles. The van der Waals surface area contributed by atoms with Crippen molar-refractivity contribution in [1.29, 1.82) is 0 Å². The highest BCUT2D eigenvalue weighted by molar-refractivity contribution is 14.0. The first-order valence-electron chi connectivity index (χ1n) is 10.2. The van der Waals surface area contributed by atoms with Crippen LogP contribution in [0.5, 0.6) is 11.5 Å². The lowest BCUT2D eigenvalue weighted by atomic mass is 10.1. The molecule has 31 heavy (non-hydrogen) atoms. The van der Waals surface area contributed by atoms with Crippen molar-refractivity contribution < 1.29 is 14.2 Å². The van der Waals surface area contributed by atoms with E-state index in [1.54, 1.807) is 20.2 Å². The molecule has 0 saturated carbocycles. The van der Waals surface area contributed by atoms with Crippen LogP contribution in [-0.2, 0) is 17.8 Å². The zero-order chi connectivity index (χ0) is 21.3. The Morgan fingerprint density at radius 2 is 1.84 bits per heavy atom. The average Bonchev–Trinajstić information content (AvgIpc) is 3.27. The molecular weight excluding hydrogens is 529 g/mol. The summed E-state index contributed by atoms with van der Waals surface area (Å²) >= 11 is 6.04. The van der Waals surface area contributed by atoms with Gasteiger partial charge in [0.15, 0.2) is 5.96 Å². The highest BCUT2D eigenvalue weighted by Gasteiger charge is 2.17. The summed E-state index contributed by atoms with van der Waals surface area (Å²) in [6.45, 7) is 5.54. The van der Waals surface area contributed by atoms with Crippen LogP contribution in [0.15, 0.2) is 41.4 Å². The number of nitrogens with zero attached hydrogens (tertiary/aromatic N) is 1. The molecule has 1 saturated heterocycles. The fourth-order valence-electron chi connectivity index (χ4n) is 3.31. The molecule has 0 amide bonds. The van der Waals surface area contributed by atoms with E-state index in [2.05, 4.69) is 40.7 Å². The molecule has 8 heteroatoms. The lowest BCUT2D eigenvalue weighted by molar-refractivity contribution is 0.166. The summed E-state index contributed by atoms with van der Waals surface area (Å²) in [6, 6.07) is 11.9. The van der Waals surface area contributed by atoms with Gasteiger partial charge < -0.3 is 24.8 Å². The van der Waals surface area contributed by atoms with Crippen LogP contribution in [0.2, 0.25) is 5.02 Å². The van der Waals surface area contributed by atoms with Crippen LogP contribution >= 0.6 is 35.6 Å². The fraction of sp³-hybridized carbons (Fsp3) is 0.435. The van der Waals surface area contributed by atoms with Crippen molar-refractivity contribution in [2.75, 3.05) is 34.0 Å². The Morgan fingerprint density at radius 1 is 1.13 bits per heavy atom. The third-order valence-corrected chi connectivity index (χ3v) is 5.32. The molecule has 2 aromatic carbocycles. The first kappa shape index (κ1) is 25.5. The number of rotatable bonds is 8. The summed E-state index contributed by atoms with van der Waals surface area (Å²) < 4.78 is 17.0. The molecule has 0 radical (unpaired) electrons. The Kier molecular flexibility index (Phi) is 10.7. The summed E-state index contributed by atoms with van der Waals surface area (Å²) in [5.74, 6) is 2.82. The molecule has 1 fully saturated rings. The number of ether oxygens (including phenoxy) is 3. The predicted octanol–water partition coefficient (Wildman–Crippen LogP) is 4.56. The number of benzene rings is 2. The van der Waals surface area contributed by atoms with Crippen molar-refractivity contribution in [3.05, 3.63) is 58.1 Å². The van der Waals surface area contributed by atoms with Crippen molar-refractivity contribution >= 4 is 41.5 Å².